The van der Waals surface area contributed by atoms with Gasteiger partial charge in [-0.05, 0) is 30.5 Å². The van der Waals surface area contributed by atoms with E-state index in [1.807, 2.05) is 16.8 Å². The molecule has 7 nitrogen and oxygen atoms in total. The largest absolute Gasteiger partial charge is 0.454 e. The second kappa shape index (κ2) is 6.88. The smallest absolute Gasteiger partial charge is 0.231 e. The van der Waals surface area contributed by atoms with Crippen LogP contribution >= 0.6 is 11.3 Å². The highest BCUT2D eigenvalue weighted by molar-refractivity contribution is 7.20. The Balaban J connectivity index is 1.39. The van der Waals surface area contributed by atoms with Crippen LogP contribution in [0.3, 0.4) is 0 Å². The van der Waals surface area contributed by atoms with Crippen LogP contribution in [0.25, 0.3) is 4.96 Å². The van der Waals surface area contributed by atoms with Crippen molar-refractivity contribution < 1.29 is 14.2 Å². The van der Waals surface area contributed by atoms with Crippen LogP contribution in [0.5, 0.6) is 11.5 Å². The molecule has 1 aromatic carbocycles. The van der Waals surface area contributed by atoms with Crippen molar-refractivity contribution in [2.75, 3.05) is 31.9 Å². The monoisotopic (exact) mass is 414 g/mol. The fraction of sp³-hybridized carbons (Fsp3) is 0.524. The SMILES string of the molecule is CC(C)(C)c1cn2nc(NCC3(c4ccc5c(c4)OCO5)CCOCC3)sc2n1. The van der Waals surface area contributed by atoms with E-state index in [4.69, 9.17) is 24.3 Å². The van der Waals surface area contributed by atoms with E-state index >= 15 is 0 Å². The normalized spacial score (nSPS) is 18.3. The van der Waals surface area contributed by atoms with Gasteiger partial charge in [0.15, 0.2) is 11.5 Å². The summed E-state index contributed by atoms with van der Waals surface area (Å²) in [5.41, 5.74) is 2.31. The van der Waals surface area contributed by atoms with Crippen molar-refractivity contribution in [2.45, 2.75) is 44.4 Å². The van der Waals surface area contributed by atoms with Gasteiger partial charge in [0.1, 0.15) is 0 Å². The lowest BCUT2D eigenvalue weighted by molar-refractivity contribution is 0.0543. The number of anilines is 1. The Kier molecular flexibility index (Phi) is 4.43. The summed E-state index contributed by atoms with van der Waals surface area (Å²) in [7, 11) is 0. The second-order valence-electron chi connectivity index (χ2n) is 8.82. The topological polar surface area (TPSA) is 69.9 Å². The van der Waals surface area contributed by atoms with E-state index in [-0.39, 0.29) is 10.8 Å². The molecule has 154 valence electrons. The first-order valence-electron chi connectivity index (χ1n) is 10.0. The molecule has 8 heteroatoms. The molecule has 0 atom stereocenters. The molecule has 5 rings (SSSR count). The highest BCUT2D eigenvalue weighted by atomic mass is 32.1. The van der Waals surface area contributed by atoms with Crippen LogP contribution in [0.15, 0.2) is 24.4 Å². The minimum absolute atomic E-state index is 0.0204. The number of hydrogen-bond acceptors (Lipinski definition) is 7. The lowest BCUT2D eigenvalue weighted by atomic mass is 9.74. The van der Waals surface area contributed by atoms with Gasteiger partial charge in [0.25, 0.3) is 0 Å². The van der Waals surface area contributed by atoms with Crippen molar-refractivity contribution in [1.82, 2.24) is 14.6 Å². The minimum atomic E-state index is -0.0242. The number of nitrogens with zero attached hydrogens (tertiary/aromatic N) is 3. The van der Waals surface area contributed by atoms with Gasteiger partial charge in [-0.25, -0.2) is 9.50 Å². The van der Waals surface area contributed by atoms with Crippen molar-refractivity contribution >= 4 is 21.4 Å². The zero-order valence-corrected chi connectivity index (χ0v) is 17.8. The minimum Gasteiger partial charge on any atom is -0.454 e. The van der Waals surface area contributed by atoms with E-state index in [2.05, 4.69) is 38.2 Å². The first-order valence-corrected chi connectivity index (χ1v) is 10.8. The Bertz CT molecular complexity index is 999. The molecule has 0 spiro atoms. The lowest BCUT2D eigenvalue weighted by Gasteiger charge is -2.38. The summed E-state index contributed by atoms with van der Waals surface area (Å²) < 4.78 is 18.6. The van der Waals surface area contributed by atoms with Gasteiger partial charge in [0.2, 0.25) is 16.9 Å². The average molecular weight is 415 g/mol. The van der Waals surface area contributed by atoms with E-state index in [1.54, 1.807) is 11.3 Å². The van der Waals surface area contributed by atoms with Crippen LogP contribution in [0, 0.1) is 0 Å². The Morgan fingerprint density at radius 2 is 1.97 bits per heavy atom. The molecule has 0 amide bonds. The fourth-order valence-electron chi connectivity index (χ4n) is 3.93. The number of hydrogen-bond donors (Lipinski definition) is 1. The first-order chi connectivity index (χ1) is 13.9. The standard InChI is InChI=1S/C21H26N4O3S/c1-20(2,3)17-11-25-19(23-17)29-18(24-25)22-12-21(6-8-26-9-7-21)14-4-5-15-16(10-14)28-13-27-15/h4-5,10-11H,6-9,12-13H2,1-3H3,(H,22,24). The first kappa shape index (κ1) is 18.7. The molecule has 2 aliphatic rings. The van der Waals surface area contributed by atoms with Gasteiger partial charge in [0, 0.05) is 30.6 Å². The van der Waals surface area contributed by atoms with Gasteiger partial charge >= 0.3 is 0 Å². The van der Waals surface area contributed by atoms with Gasteiger partial charge in [-0.15, -0.1) is 5.10 Å². The molecule has 1 N–H and O–H groups in total. The van der Waals surface area contributed by atoms with Gasteiger partial charge in [0.05, 0.1) is 11.9 Å². The molecule has 0 aliphatic carbocycles. The Morgan fingerprint density at radius 1 is 1.17 bits per heavy atom. The molecule has 0 bridgehead atoms. The lowest BCUT2D eigenvalue weighted by Crippen LogP contribution is -2.40. The van der Waals surface area contributed by atoms with Gasteiger partial charge in [-0.1, -0.05) is 38.2 Å². The van der Waals surface area contributed by atoms with E-state index in [1.165, 1.54) is 5.56 Å². The van der Waals surface area contributed by atoms with Crippen molar-refractivity contribution in [1.29, 1.82) is 0 Å². The highest BCUT2D eigenvalue weighted by Crippen LogP contribution is 2.41. The molecule has 2 aromatic heterocycles. The van der Waals surface area contributed by atoms with E-state index < -0.39 is 0 Å². The van der Waals surface area contributed by atoms with Gasteiger partial charge in [-0.2, -0.15) is 0 Å². The average Bonchev–Trinajstić information content (AvgIpc) is 3.40. The van der Waals surface area contributed by atoms with Crippen LogP contribution in [-0.2, 0) is 15.6 Å². The molecule has 1 saturated heterocycles. The van der Waals surface area contributed by atoms with Crippen LogP contribution in [-0.4, -0.2) is 41.1 Å². The van der Waals surface area contributed by atoms with E-state index in [0.29, 0.717) is 6.79 Å². The van der Waals surface area contributed by atoms with Crippen LogP contribution < -0.4 is 14.8 Å². The number of imidazole rings is 1. The van der Waals surface area contributed by atoms with Gasteiger partial charge in [-0.3, -0.25) is 0 Å². The molecule has 3 aromatic rings. The Hall–Kier alpha value is -2.32. The molecule has 0 radical (unpaired) electrons. The summed E-state index contributed by atoms with van der Waals surface area (Å²) in [6, 6.07) is 6.30. The molecule has 0 unspecified atom stereocenters. The number of benzene rings is 1. The van der Waals surface area contributed by atoms with Crippen LogP contribution in [0.4, 0.5) is 5.13 Å². The number of rotatable bonds is 4. The molecule has 4 heterocycles. The molecule has 2 aliphatic heterocycles. The molecular formula is C21H26N4O3S. The number of ether oxygens (including phenoxy) is 3. The number of nitrogens with one attached hydrogen (secondary N) is 1. The summed E-state index contributed by atoms with van der Waals surface area (Å²) in [5.74, 6) is 1.65. The highest BCUT2D eigenvalue weighted by Gasteiger charge is 2.36. The Labute approximate surface area is 174 Å². The second-order valence-corrected chi connectivity index (χ2v) is 9.78. The van der Waals surface area contributed by atoms with Crippen molar-refractivity contribution in [3.63, 3.8) is 0 Å². The predicted octanol–water partition coefficient (Wildman–Crippen LogP) is 3.98. The maximum atomic E-state index is 5.66. The van der Waals surface area contributed by atoms with Gasteiger partial charge < -0.3 is 19.5 Å². The third-order valence-electron chi connectivity index (χ3n) is 5.82. The third-order valence-corrected chi connectivity index (χ3v) is 6.70. The maximum Gasteiger partial charge on any atom is 0.231 e. The zero-order valence-electron chi connectivity index (χ0n) is 17.0. The fourth-order valence-corrected chi connectivity index (χ4v) is 4.71. The quantitative estimate of drug-likeness (QED) is 0.696. The van der Waals surface area contributed by atoms with Crippen molar-refractivity contribution in [3.8, 4) is 11.5 Å². The van der Waals surface area contributed by atoms with Crippen LogP contribution in [0.2, 0.25) is 0 Å². The molecule has 0 saturated carbocycles. The molecule has 29 heavy (non-hydrogen) atoms. The summed E-state index contributed by atoms with van der Waals surface area (Å²) in [6.07, 6.45) is 3.94. The summed E-state index contributed by atoms with van der Waals surface area (Å²) >= 11 is 1.59. The summed E-state index contributed by atoms with van der Waals surface area (Å²) in [6.45, 7) is 9.09. The zero-order chi connectivity index (χ0) is 20.1. The van der Waals surface area contributed by atoms with E-state index in [9.17, 15) is 0 Å². The Morgan fingerprint density at radius 3 is 2.72 bits per heavy atom. The van der Waals surface area contributed by atoms with Crippen molar-refractivity contribution in [2.24, 2.45) is 0 Å². The predicted molar refractivity (Wildman–Crippen MR) is 112 cm³/mol. The third kappa shape index (κ3) is 3.44. The van der Waals surface area contributed by atoms with Crippen molar-refractivity contribution in [3.05, 3.63) is 35.7 Å². The maximum absolute atomic E-state index is 5.66. The molecular weight excluding hydrogens is 388 g/mol. The number of fused-ring (bicyclic) bond motifs is 2. The number of aromatic nitrogens is 3. The summed E-state index contributed by atoms with van der Waals surface area (Å²) in [4.78, 5) is 5.66. The van der Waals surface area contributed by atoms with E-state index in [0.717, 1.165) is 59.9 Å². The molecule has 1 fully saturated rings. The summed E-state index contributed by atoms with van der Waals surface area (Å²) in [5, 5.41) is 9.16. The van der Waals surface area contributed by atoms with Crippen LogP contribution in [0.1, 0.15) is 44.9 Å².